The fourth-order valence-electron chi connectivity index (χ4n) is 9.42. The summed E-state index contributed by atoms with van der Waals surface area (Å²) in [5.41, 5.74) is 1.92. The summed E-state index contributed by atoms with van der Waals surface area (Å²) in [5.74, 6) is 2.24. The predicted octanol–water partition coefficient (Wildman–Crippen LogP) is 5.52. The zero-order valence-corrected chi connectivity index (χ0v) is 22.0. The monoisotopic (exact) mass is 472 g/mol. The molecule has 2 aliphatic heterocycles. The molecule has 34 heavy (non-hydrogen) atoms. The number of rotatable bonds is 3. The standard InChI is InChI=1S/C29H44O5/c1-16(26-31-14-27(3,4)15-32-26)19-8-9-20-24-21(11-12-28(19,20)5)29(6)18(7-10-22-25(29)34-22)13-23(24)33-17(2)30/h13,16,19-26H,7-12,14-15H2,1-6H3/t16?,19-,20+,21+,22+,23-,24+,25+,28-,29+/m1/s1. The van der Waals surface area contributed by atoms with Crippen molar-refractivity contribution in [1.82, 2.24) is 0 Å². The molecule has 2 saturated heterocycles. The first-order valence-electron chi connectivity index (χ1n) is 13.8. The quantitative estimate of drug-likeness (QED) is 0.308. The maximum atomic E-state index is 12.2. The highest BCUT2D eigenvalue weighted by atomic mass is 16.7. The van der Waals surface area contributed by atoms with E-state index >= 15 is 0 Å². The lowest BCUT2D eigenvalue weighted by atomic mass is 9.46. The van der Waals surface area contributed by atoms with E-state index in [1.807, 2.05) is 0 Å². The number of fused-ring (bicyclic) bond motifs is 7. The number of carbonyl (C=O) groups is 1. The molecule has 3 saturated carbocycles. The smallest absolute Gasteiger partial charge is 0.303 e. The zero-order valence-electron chi connectivity index (χ0n) is 22.0. The number of carbonyl (C=O) groups excluding carboxylic acids is 1. The van der Waals surface area contributed by atoms with Gasteiger partial charge in [-0.15, -0.1) is 0 Å². The molecule has 4 aliphatic carbocycles. The van der Waals surface area contributed by atoms with Gasteiger partial charge >= 0.3 is 5.97 Å². The first-order valence-corrected chi connectivity index (χ1v) is 13.8. The van der Waals surface area contributed by atoms with Gasteiger partial charge in [0, 0.05) is 29.6 Å². The lowest BCUT2D eigenvalue weighted by molar-refractivity contribution is -0.253. The molecule has 2 heterocycles. The number of ether oxygens (including phenoxy) is 4. The van der Waals surface area contributed by atoms with Crippen LogP contribution >= 0.6 is 0 Å². The Kier molecular flexibility index (Phi) is 5.38. The van der Waals surface area contributed by atoms with Gasteiger partial charge in [0.15, 0.2) is 6.29 Å². The van der Waals surface area contributed by atoms with Gasteiger partial charge in [-0.2, -0.15) is 0 Å². The van der Waals surface area contributed by atoms with Crippen LogP contribution in [0.5, 0.6) is 0 Å². The Hall–Kier alpha value is -0.910. The maximum Gasteiger partial charge on any atom is 0.303 e. The summed E-state index contributed by atoms with van der Waals surface area (Å²) in [6.45, 7) is 14.9. The molecule has 5 heteroatoms. The predicted molar refractivity (Wildman–Crippen MR) is 129 cm³/mol. The normalized spacial score (nSPS) is 50.2. The molecule has 0 aromatic carbocycles. The van der Waals surface area contributed by atoms with Crippen molar-refractivity contribution in [2.24, 2.45) is 45.8 Å². The van der Waals surface area contributed by atoms with Crippen molar-refractivity contribution in [2.75, 3.05) is 13.2 Å². The molecule has 5 nitrogen and oxygen atoms in total. The van der Waals surface area contributed by atoms with E-state index in [0.29, 0.717) is 41.8 Å². The van der Waals surface area contributed by atoms with Crippen LogP contribution in [0.2, 0.25) is 0 Å². The van der Waals surface area contributed by atoms with Gasteiger partial charge in [0.1, 0.15) is 6.10 Å². The van der Waals surface area contributed by atoms with Crippen molar-refractivity contribution < 1.29 is 23.7 Å². The van der Waals surface area contributed by atoms with Crippen LogP contribution in [0, 0.1) is 45.8 Å². The molecular weight excluding hydrogens is 428 g/mol. The highest BCUT2D eigenvalue weighted by Gasteiger charge is 2.68. The highest BCUT2D eigenvalue weighted by Crippen LogP contribution is 2.69. The second-order valence-corrected chi connectivity index (χ2v) is 13.7. The fourth-order valence-corrected chi connectivity index (χ4v) is 9.42. The molecule has 0 bridgehead atoms. The molecule has 1 unspecified atom stereocenters. The van der Waals surface area contributed by atoms with E-state index in [1.165, 1.54) is 31.3 Å². The summed E-state index contributed by atoms with van der Waals surface area (Å²) >= 11 is 0. The van der Waals surface area contributed by atoms with Crippen molar-refractivity contribution >= 4 is 5.97 Å². The summed E-state index contributed by atoms with van der Waals surface area (Å²) in [5, 5.41) is 0. The molecule has 10 atom stereocenters. The Morgan fingerprint density at radius 2 is 1.79 bits per heavy atom. The van der Waals surface area contributed by atoms with E-state index in [9.17, 15) is 4.79 Å². The van der Waals surface area contributed by atoms with E-state index in [4.69, 9.17) is 18.9 Å². The highest BCUT2D eigenvalue weighted by molar-refractivity contribution is 5.66. The van der Waals surface area contributed by atoms with Gasteiger partial charge in [-0.3, -0.25) is 4.79 Å². The Morgan fingerprint density at radius 1 is 1.06 bits per heavy atom. The van der Waals surface area contributed by atoms with Crippen LogP contribution < -0.4 is 0 Å². The van der Waals surface area contributed by atoms with Gasteiger partial charge in [-0.1, -0.05) is 40.2 Å². The Balaban J connectivity index is 1.30. The summed E-state index contributed by atoms with van der Waals surface area (Å²) in [6.07, 6.45) is 10.0. The average molecular weight is 473 g/mol. The topological polar surface area (TPSA) is 57.3 Å². The van der Waals surface area contributed by atoms with E-state index in [0.717, 1.165) is 26.1 Å². The molecule has 0 amide bonds. The van der Waals surface area contributed by atoms with Crippen LogP contribution in [0.15, 0.2) is 11.6 Å². The lowest BCUT2D eigenvalue weighted by Crippen LogP contribution is -2.57. The van der Waals surface area contributed by atoms with Gasteiger partial charge in [0.25, 0.3) is 0 Å². The molecule has 6 aliphatic rings. The van der Waals surface area contributed by atoms with Crippen LogP contribution in [-0.4, -0.2) is 43.8 Å². The van der Waals surface area contributed by atoms with Crippen LogP contribution in [0.4, 0.5) is 0 Å². The van der Waals surface area contributed by atoms with Gasteiger partial charge < -0.3 is 18.9 Å². The molecule has 6 rings (SSSR count). The second kappa shape index (κ2) is 7.79. The zero-order chi connectivity index (χ0) is 24.0. The largest absolute Gasteiger partial charge is 0.458 e. The minimum Gasteiger partial charge on any atom is -0.458 e. The first-order chi connectivity index (χ1) is 16.0. The van der Waals surface area contributed by atoms with Crippen molar-refractivity contribution in [3.05, 3.63) is 11.6 Å². The molecular formula is C29H44O5. The molecule has 0 N–H and O–H groups in total. The SMILES string of the molecule is CC(=O)O[C@@H]1C=C2CC[C@@H]3O[C@@H]3[C@]2(C)[C@H]2CC[C@]3(C)[C@@H](C(C)C4OCC(C)(C)CO4)CC[C@H]3[C@H]12. The minimum absolute atomic E-state index is 0.0949. The number of hydrogen-bond donors (Lipinski definition) is 0. The number of hydrogen-bond acceptors (Lipinski definition) is 5. The maximum absolute atomic E-state index is 12.2. The van der Waals surface area contributed by atoms with Gasteiger partial charge in [0.2, 0.25) is 0 Å². The molecule has 0 aromatic rings. The molecule has 0 spiro atoms. The van der Waals surface area contributed by atoms with E-state index in [1.54, 1.807) is 6.92 Å². The average Bonchev–Trinajstić information content (AvgIpc) is 3.49. The van der Waals surface area contributed by atoms with E-state index in [-0.39, 0.29) is 34.6 Å². The third-order valence-corrected chi connectivity index (χ3v) is 11.1. The van der Waals surface area contributed by atoms with Crippen molar-refractivity contribution in [3.8, 4) is 0 Å². The van der Waals surface area contributed by atoms with Crippen molar-refractivity contribution in [2.45, 2.75) is 105 Å². The molecule has 0 radical (unpaired) electrons. The summed E-state index contributed by atoms with van der Waals surface area (Å²) in [4.78, 5) is 12.2. The van der Waals surface area contributed by atoms with E-state index < -0.39 is 0 Å². The van der Waals surface area contributed by atoms with Crippen LogP contribution in [0.1, 0.15) is 80.1 Å². The second-order valence-electron chi connectivity index (χ2n) is 13.7. The third-order valence-electron chi connectivity index (χ3n) is 11.1. The fraction of sp³-hybridized carbons (Fsp3) is 0.897. The Labute approximate surface area is 205 Å². The third kappa shape index (κ3) is 3.39. The molecule has 0 aromatic heterocycles. The van der Waals surface area contributed by atoms with Crippen LogP contribution in [-0.2, 0) is 23.7 Å². The van der Waals surface area contributed by atoms with Crippen LogP contribution in [0.25, 0.3) is 0 Å². The summed E-state index contributed by atoms with van der Waals surface area (Å²) < 4.78 is 24.8. The lowest BCUT2D eigenvalue weighted by Gasteiger charge is -2.59. The van der Waals surface area contributed by atoms with Crippen molar-refractivity contribution in [3.63, 3.8) is 0 Å². The van der Waals surface area contributed by atoms with Gasteiger partial charge in [-0.25, -0.2) is 0 Å². The molecule has 190 valence electrons. The van der Waals surface area contributed by atoms with Crippen molar-refractivity contribution in [1.29, 1.82) is 0 Å². The van der Waals surface area contributed by atoms with E-state index in [2.05, 4.69) is 40.7 Å². The Bertz CT molecular complexity index is 870. The number of epoxide rings is 1. The Morgan fingerprint density at radius 3 is 2.50 bits per heavy atom. The van der Waals surface area contributed by atoms with Gasteiger partial charge in [0.05, 0.1) is 25.4 Å². The van der Waals surface area contributed by atoms with Gasteiger partial charge in [-0.05, 0) is 67.8 Å². The number of esters is 1. The minimum atomic E-state index is -0.151. The summed E-state index contributed by atoms with van der Waals surface area (Å²) in [7, 11) is 0. The first kappa shape index (κ1) is 23.5. The summed E-state index contributed by atoms with van der Waals surface area (Å²) in [6, 6.07) is 0. The molecule has 5 fully saturated rings. The van der Waals surface area contributed by atoms with Crippen LogP contribution in [0.3, 0.4) is 0 Å².